The second kappa shape index (κ2) is 6.15. The highest BCUT2D eigenvalue weighted by molar-refractivity contribution is 5.78. The Kier molecular flexibility index (Phi) is 4.26. The van der Waals surface area contributed by atoms with Gasteiger partial charge in [-0.2, -0.15) is 0 Å². The van der Waals surface area contributed by atoms with Gasteiger partial charge in [0, 0.05) is 37.4 Å². The van der Waals surface area contributed by atoms with Crippen molar-refractivity contribution in [2.45, 2.75) is 38.3 Å². The van der Waals surface area contributed by atoms with E-state index in [0.29, 0.717) is 13.1 Å². The SMILES string of the molecule is O=C(CN1CCC[C@H](O)C1)NCC1(Cn2ccnc2)CC1. The van der Waals surface area contributed by atoms with E-state index in [1.165, 1.54) is 0 Å². The van der Waals surface area contributed by atoms with Gasteiger partial charge in [-0.1, -0.05) is 0 Å². The van der Waals surface area contributed by atoms with Crippen LogP contribution in [0.4, 0.5) is 0 Å². The summed E-state index contributed by atoms with van der Waals surface area (Å²) in [7, 11) is 0. The monoisotopic (exact) mass is 292 g/mol. The van der Waals surface area contributed by atoms with E-state index in [-0.39, 0.29) is 17.4 Å². The van der Waals surface area contributed by atoms with Gasteiger partial charge in [-0.3, -0.25) is 9.69 Å². The van der Waals surface area contributed by atoms with Gasteiger partial charge in [0.05, 0.1) is 19.0 Å². The number of carbonyl (C=O) groups is 1. The Bertz CT molecular complexity index is 470. The lowest BCUT2D eigenvalue weighted by molar-refractivity contribution is -0.123. The van der Waals surface area contributed by atoms with Crippen molar-refractivity contribution in [1.82, 2.24) is 19.8 Å². The van der Waals surface area contributed by atoms with Gasteiger partial charge in [-0.15, -0.1) is 0 Å². The van der Waals surface area contributed by atoms with Crippen molar-refractivity contribution in [3.63, 3.8) is 0 Å². The number of imidazole rings is 1. The van der Waals surface area contributed by atoms with Crippen molar-refractivity contribution in [2.75, 3.05) is 26.2 Å². The van der Waals surface area contributed by atoms with Crippen molar-refractivity contribution in [3.05, 3.63) is 18.7 Å². The standard InChI is InChI=1S/C15H24N4O2/c20-13-2-1-6-18(8-13)9-14(21)17-10-15(3-4-15)11-19-7-5-16-12-19/h5,7,12-13,20H,1-4,6,8-11H2,(H,17,21)/t13-/m0/s1. The van der Waals surface area contributed by atoms with Crippen molar-refractivity contribution in [2.24, 2.45) is 5.41 Å². The molecule has 1 aromatic rings. The number of piperidine rings is 1. The molecule has 1 amide bonds. The number of aliphatic hydroxyl groups is 1. The Hall–Kier alpha value is -1.40. The van der Waals surface area contributed by atoms with Gasteiger partial charge in [0.25, 0.3) is 0 Å². The van der Waals surface area contributed by atoms with Crippen LogP contribution in [-0.4, -0.2) is 57.7 Å². The fourth-order valence-electron chi connectivity index (χ4n) is 3.05. The Morgan fingerprint density at radius 1 is 1.48 bits per heavy atom. The van der Waals surface area contributed by atoms with Crippen LogP contribution < -0.4 is 5.32 Å². The summed E-state index contributed by atoms with van der Waals surface area (Å²) in [6.45, 7) is 3.59. The molecule has 2 heterocycles. The average molecular weight is 292 g/mol. The number of nitrogens with zero attached hydrogens (tertiary/aromatic N) is 3. The van der Waals surface area contributed by atoms with E-state index in [1.807, 2.05) is 17.4 Å². The van der Waals surface area contributed by atoms with Crippen molar-refractivity contribution < 1.29 is 9.90 Å². The molecule has 6 nitrogen and oxygen atoms in total. The molecule has 1 atom stereocenters. The number of nitrogens with one attached hydrogen (secondary N) is 1. The number of aliphatic hydroxyl groups excluding tert-OH is 1. The van der Waals surface area contributed by atoms with Crippen molar-refractivity contribution in [3.8, 4) is 0 Å². The molecule has 1 aromatic heterocycles. The van der Waals surface area contributed by atoms with Crippen LogP contribution >= 0.6 is 0 Å². The lowest BCUT2D eigenvalue weighted by Crippen LogP contribution is -2.45. The predicted octanol–water partition coefficient (Wildman–Crippen LogP) is 0.236. The third-order valence-corrected chi connectivity index (χ3v) is 4.54. The molecular weight excluding hydrogens is 268 g/mol. The molecule has 3 rings (SSSR count). The maximum absolute atomic E-state index is 12.0. The normalized spacial score (nSPS) is 24.7. The molecule has 116 valence electrons. The lowest BCUT2D eigenvalue weighted by Gasteiger charge is -2.29. The number of aromatic nitrogens is 2. The fraction of sp³-hybridized carbons (Fsp3) is 0.733. The molecule has 0 radical (unpaired) electrons. The number of carbonyl (C=O) groups excluding carboxylic acids is 1. The first-order chi connectivity index (χ1) is 10.2. The lowest BCUT2D eigenvalue weighted by atomic mass is 10.1. The highest BCUT2D eigenvalue weighted by Crippen LogP contribution is 2.46. The van der Waals surface area contributed by atoms with Gasteiger partial charge in [0.2, 0.25) is 5.91 Å². The van der Waals surface area contributed by atoms with Gasteiger partial charge in [0.1, 0.15) is 0 Å². The van der Waals surface area contributed by atoms with Gasteiger partial charge >= 0.3 is 0 Å². The van der Waals surface area contributed by atoms with E-state index in [0.717, 1.165) is 45.3 Å². The van der Waals surface area contributed by atoms with E-state index in [1.54, 1.807) is 6.20 Å². The van der Waals surface area contributed by atoms with Crippen LogP contribution in [0.3, 0.4) is 0 Å². The van der Waals surface area contributed by atoms with Gasteiger partial charge in [-0.05, 0) is 32.2 Å². The zero-order valence-electron chi connectivity index (χ0n) is 12.4. The van der Waals surface area contributed by atoms with Crippen LogP contribution in [0, 0.1) is 5.41 Å². The van der Waals surface area contributed by atoms with Crippen LogP contribution in [0.1, 0.15) is 25.7 Å². The third kappa shape index (κ3) is 4.04. The maximum atomic E-state index is 12.0. The highest BCUT2D eigenvalue weighted by atomic mass is 16.3. The molecule has 1 saturated heterocycles. The first-order valence-corrected chi connectivity index (χ1v) is 7.78. The molecular formula is C15H24N4O2. The van der Waals surface area contributed by atoms with E-state index >= 15 is 0 Å². The fourth-order valence-corrected chi connectivity index (χ4v) is 3.05. The topological polar surface area (TPSA) is 70.4 Å². The largest absolute Gasteiger partial charge is 0.392 e. The summed E-state index contributed by atoms with van der Waals surface area (Å²) in [6, 6.07) is 0. The van der Waals surface area contributed by atoms with E-state index in [9.17, 15) is 9.90 Å². The predicted molar refractivity (Wildman–Crippen MR) is 78.6 cm³/mol. The Labute approximate surface area is 125 Å². The molecule has 21 heavy (non-hydrogen) atoms. The van der Waals surface area contributed by atoms with Crippen LogP contribution in [-0.2, 0) is 11.3 Å². The highest BCUT2D eigenvalue weighted by Gasteiger charge is 2.43. The minimum Gasteiger partial charge on any atom is -0.392 e. The molecule has 1 aliphatic carbocycles. The summed E-state index contributed by atoms with van der Waals surface area (Å²) in [6.07, 6.45) is 9.46. The van der Waals surface area contributed by atoms with E-state index in [2.05, 4.69) is 14.9 Å². The summed E-state index contributed by atoms with van der Waals surface area (Å²) in [5.74, 6) is 0.0704. The van der Waals surface area contributed by atoms with Crippen molar-refractivity contribution >= 4 is 5.91 Å². The molecule has 0 aromatic carbocycles. The summed E-state index contributed by atoms with van der Waals surface area (Å²) in [5.41, 5.74) is 0.220. The first-order valence-electron chi connectivity index (χ1n) is 7.78. The number of likely N-dealkylation sites (tertiary alicyclic amines) is 1. The quantitative estimate of drug-likeness (QED) is 0.788. The summed E-state index contributed by atoms with van der Waals surface area (Å²) in [4.78, 5) is 18.1. The molecule has 2 fully saturated rings. The average Bonchev–Trinajstić information content (AvgIpc) is 3.01. The van der Waals surface area contributed by atoms with E-state index < -0.39 is 0 Å². The summed E-state index contributed by atoms with van der Waals surface area (Å²) >= 11 is 0. The van der Waals surface area contributed by atoms with Gasteiger partial charge < -0.3 is 15.0 Å². The zero-order valence-corrected chi connectivity index (χ0v) is 12.4. The number of amides is 1. The third-order valence-electron chi connectivity index (χ3n) is 4.54. The smallest absolute Gasteiger partial charge is 0.234 e. The zero-order chi connectivity index (χ0) is 14.7. The number of hydrogen-bond acceptors (Lipinski definition) is 4. The summed E-state index contributed by atoms with van der Waals surface area (Å²) < 4.78 is 2.08. The van der Waals surface area contributed by atoms with Gasteiger partial charge in [0.15, 0.2) is 0 Å². The molecule has 0 spiro atoms. The molecule has 0 bridgehead atoms. The van der Waals surface area contributed by atoms with Crippen LogP contribution in [0.25, 0.3) is 0 Å². The summed E-state index contributed by atoms with van der Waals surface area (Å²) in [5, 5.41) is 12.7. The Morgan fingerprint density at radius 3 is 3.00 bits per heavy atom. The molecule has 0 unspecified atom stereocenters. The Morgan fingerprint density at radius 2 is 2.33 bits per heavy atom. The first kappa shape index (κ1) is 14.5. The molecule has 1 saturated carbocycles. The molecule has 2 N–H and O–H groups in total. The maximum Gasteiger partial charge on any atom is 0.234 e. The number of hydrogen-bond donors (Lipinski definition) is 2. The molecule has 2 aliphatic rings. The molecule has 6 heteroatoms. The van der Waals surface area contributed by atoms with Crippen LogP contribution in [0.15, 0.2) is 18.7 Å². The van der Waals surface area contributed by atoms with Crippen LogP contribution in [0.2, 0.25) is 0 Å². The second-order valence-electron chi connectivity index (χ2n) is 6.54. The van der Waals surface area contributed by atoms with Gasteiger partial charge in [-0.25, -0.2) is 4.98 Å². The van der Waals surface area contributed by atoms with E-state index in [4.69, 9.17) is 0 Å². The second-order valence-corrected chi connectivity index (χ2v) is 6.54. The minimum absolute atomic E-state index is 0.0704. The minimum atomic E-state index is -0.275. The van der Waals surface area contributed by atoms with Crippen molar-refractivity contribution in [1.29, 1.82) is 0 Å². The Balaban J connectivity index is 1.41. The number of β-amino-alcohol motifs (C(OH)–C–C–N with tert-alkyl or cyclic N) is 1. The number of rotatable bonds is 6. The van der Waals surface area contributed by atoms with Crippen LogP contribution in [0.5, 0.6) is 0 Å². The molecule has 1 aliphatic heterocycles.